The van der Waals surface area contributed by atoms with Gasteiger partial charge in [-0.1, -0.05) is 0 Å². The minimum atomic E-state index is -4.12. The van der Waals surface area contributed by atoms with Gasteiger partial charge in [0.1, 0.15) is 0 Å². The molecule has 3 N–H and O–H groups in total. The zero-order chi connectivity index (χ0) is 14.1. The quantitative estimate of drug-likeness (QED) is 0.586. The number of nitro benzene ring substituents is 1. The fraction of sp³-hybridized carbons (Fsp3) is 0.222. The number of benzene rings is 1. The van der Waals surface area contributed by atoms with E-state index in [1.807, 2.05) is 0 Å². The molecule has 0 saturated heterocycles. The second kappa shape index (κ2) is 4.70. The van der Waals surface area contributed by atoms with Crippen LogP contribution < -0.4 is 10.5 Å². The molecule has 1 aromatic rings. The van der Waals surface area contributed by atoms with Crippen molar-refractivity contribution in [2.24, 2.45) is 5.14 Å². The molecule has 9 heteroatoms. The standard InChI is InChI=1S/C9H11N3O5S/c1-5-7(9(13)11-2)3-6(18(10,16)17)4-8(5)12(14)15/h3-4H,1-2H3,(H,11,13)(H2,10,16,17). The lowest BCUT2D eigenvalue weighted by Crippen LogP contribution is -2.21. The van der Waals surface area contributed by atoms with Crippen LogP contribution in [0.5, 0.6) is 0 Å². The van der Waals surface area contributed by atoms with Gasteiger partial charge < -0.3 is 5.32 Å². The summed E-state index contributed by atoms with van der Waals surface area (Å²) < 4.78 is 22.4. The van der Waals surface area contributed by atoms with E-state index in [0.717, 1.165) is 12.1 Å². The largest absolute Gasteiger partial charge is 0.355 e. The highest BCUT2D eigenvalue weighted by Crippen LogP contribution is 2.25. The Morgan fingerprint density at radius 2 is 2.00 bits per heavy atom. The zero-order valence-corrected chi connectivity index (χ0v) is 10.4. The van der Waals surface area contributed by atoms with E-state index < -0.39 is 31.4 Å². The van der Waals surface area contributed by atoms with Crippen LogP contribution in [0.4, 0.5) is 5.69 Å². The molecule has 0 unspecified atom stereocenters. The van der Waals surface area contributed by atoms with E-state index in [1.165, 1.54) is 14.0 Å². The summed E-state index contributed by atoms with van der Waals surface area (Å²) in [6, 6.07) is 1.84. The first-order chi connectivity index (χ1) is 8.18. The van der Waals surface area contributed by atoms with E-state index in [9.17, 15) is 23.3 Å². The first-order valence-electron chi connectivity index (χ1n) is 4.72. The summed E-state index contributed by atoms with van der Waals surface area (Å²) >= 11 is 0. The molecule has 0 heterocycles. The number of hydrogen-bond donors (Lipinski definition) is 2. The minimum absolute atomic E-state index is 0.0757. The van der Waals surface area contributed by atoms with E-state index in [2.05, 4.69) is 5.32 Å². The van der Waals surface area contributed by atoms with Crippen LogP contribution in [-0.2, 0) is 10.0 Å². The molecule has 0 aromatic heterocycles. The van der Waals surface area contributed by atoms with Crippen molar-refractivity contribution in [2.75, 3.05) is 7.05 Å². The lowest BCUT2D eigenvalue weighted by Gasteiger charge is -2.07. The average Bonchev–Trinajstić information content (AvgIpc) is 2.26. The molecule has 0 fully saturated rings. The third-order valence-corrected chi connectivity index (χ3v) is 3.24. The van der Waals surface area contributed by atoms with Crippen molar-refractivity contribution in [1.82, 2.24) is 5.32 Å². The number of nitrogens with one attached hydrogen (secondary N) is 1. The zero-order valence-electron chi connectivity index (χ0n) is 9.63. The highest BCUT2D eigenvalue weighted by atomic mass is 32.2. The summed E-state index contributed by atoms with van der Waals surface area (Å²) in [5.41, 5.74) is -0.498. The summed E-state index contributed by atoms with van der Waals surface area (Å²) in [4.78, 5) is 21.1. The van der Waals surface area contributed by atoms with Crippen LogP contribution in [-0.4, -0.2) is 26.3 Å². The number of primary sulfonamides is 1. The molecule has 1 aromatic carbocycles. The highest BCUT2D eigenvalue weighted by Gasteiger charge is 2.23. The summed E-state index contributed by atoms with van der Waals surface area (Å²) in [5.74, 6) is -0.624. The van der Waals surface area contributed by atoms with E-state index in [-0.39, 0.29) is 11.1 Å². The van der Waals surface area contributed by atoms with Crippen molar-refractivity contribution in [3.05, 3.63) is 33.4 Å². The third kappa shape index (κ3) is 2.63. The molecule has 18 heavy (non-hydrogen) atoms. The monoisotopic (exact) mass is 273 g/mol. The van der Waals surface area contributed by atoms with Crippen molar-refractivity contribution in [2.45, 2.75) is 11.8 Å². The molecule has 0 saturated carbocycles. The number of rotatable bonds is 3. The molecule has 0 aliphatic rings. The predicted molar refractivity (Wildman–Crippen MR) is 62.6 cm³/mol. The molecule has 0 spiro atoms. The van der Waals surface area contributed by atoms with E-state index >= 15 is 0 Å². The topological polar surface area (TPSA) is 132 Å². The van der Waals surface area contributed by atoms with Crippen molar-refractivity contribution in [1.29, 1.82) is 0 Å². The van der Waals surface area contributed by atoms with Crippen LogP contribution in [0.2, 0.25) is 0 Å². The van der Waals surface area contributed by atoms with Crippen LogP contribution in [0.1, 0.15) is 15.9 Å². The minimum Gasteiger partial charge on any atom is -0.355 e. The van der Waals surface area contributed by atoms with Gasteiger partial charge in [-0.3, -0.25) is 14.9 Å². The number of carbonyl (C=O) groups is 1. The molecular formula is C9H11N3O5S. The Kier molecular flexibility index (Phi) is 3.67. The van der Waals surface area contributed by atoms with E-state index in [0.29, 0.717) is 0 Å². The van der Waals surface area contributed by atoms with E-state index in [4.69, 9.17) is 5.14 Å². The Morgan fingerprint density at radius 3 is 2.39 bits per heavy atom. The molecular weight excluding hydrogens is 262 g/mol. The lowest BCUT2D eigenvalue weighted by atomic mass is 10.1. The maximum absolute atomic E-state index is 11.5. The maximum atomic E-state index is 11.5. The number of sulfonamides is 1. The normalized spacial score (nSPS) is 11.1. The van der Waals surface area contributed by atoms with Gasteiger partial charge in [0, 0.05) is 18.7 Å². The molecule has 0 atom stereocenters. The van der Waals surface area contributed by atoms with Gasteiger partial charge in [0.2, 0.25) is 10.0 Å². The second-order valence-electron chi connectivity index (χ2n) is 3.50. The number of nitrogens with zero attached hydrogens (tertiary/aromatic N) is 1. The summed E-state index contributed by atoms with van der Waals surface area (Å²) in [5, 5.41) is 18.0. The smallest absolute Gasteiger partial charge is 0.274 e. The fourth-order valence-electron chi connectivity index (χ4n) is 1.40. The fourth-order valence-corrected chi connectivity index (χ4v) is 1.96. The van der Waals surface area contributed by atoms with Gasteiger partial charge in [0.25, 0.3) is 11.6 Å². The predicted octanol–water partition coefficient (Wildman–Crippen LogP) is -0.0898. The maximum Gasteiger partial charge on any atom is 0.274 e. The molecule has 1 rings (SSSR count). The van der Waals surface area contributed by atoms with Crippen LogP contribution >= 0.6 is 0 Å². The molecule has 0 bridgehead atoms. The molecule has 1 amide bonds. The number of amides is 1. The Balaban J connectivity index is 3.68. The summed E-state index contributed by atoms with van der Waals surface area (Å²) in [7, 11) is -2.79. The van der Waals surface area contributed by atoms with Gasteiger partial charge in [0.05, 0.1) is 15.4 Å². The first-order valence-corrected chi connectivity index (χ1v) is 6.27. The van der Waals surface area contributed by atoms with Crippen LogP contribution in [0.25, 0.3) is 0 Å². The molecule has 98 valence electrons. The first kappa shape index (κ1) is 14.1. The molecule has 0 aliphatic heterocycles. The Labute approximate surface area is 103 Å². The number of nitrogens with two attached hydrogens (primary N) is 1. The highest BCUT2D eigenvalue weighted by molar-refractivity contribution is 7.89. The average molecular weight is 273 g/mol. The number of hydrogen-bond acceptors (Lipinski definition) is 5. The van der Waals surface area contributed by atoms with Crippen LogP contribution in [0.15, 0.2) is 17.0 Å². The molecule has 8 nitrogen and oxygen atoms in total. The van der Waals surface area contributed by atoms with Crippen molar-refractivity contribution in [3.63, 3.8) is 0 Å². The van der Waals surface area contributed by atoms with Crippen molar-refractivity contribution >= 4 is 21.6 Å². The molecule has 0 aliphatic carbocycles. The van der Waals surface area contributed by atoms with Crippen molar-refractivity contribution < 1.29 is 18.1 Å². The SMILES string of the molecule is CNC(=O)c1cc(S(N)(=O)=O)cc([N+](=O)[O-])c1C. The second-order valence-corrected chi connectivity index (χ2v) is 5.06. The Bertz CT molecular complexity index is 623. The lowest BCUT2D eigenvalue weighted by molar-refractivity contribution is -0.385. The Hall–Kier alpha value is -2.00. The van der Waals surface area contributed by atoms with E-state index in [1.54, 1.807) is 0 Å². The van der Waals surface area contributed by atoms with Gasteiger partial charge in [-0.05, 0) is 13.0 Å². The van der Waals surface area contributed by atoms with Gasteiger partial charge in [-0.2, -0.15) is 0 Å². The molecule has 0 radical (unpaired) electrons. The summed E-state index contributed by atoms with van der Waals surface area (Å²) in [6.45, 7) is 1.36. The number of carbonyl (C=O) groups excluding carboxylic acids is 1. The van der Waals surface area contributed by atoms with Gasteiger partial charge in [-0.25, -0.2) is 13.6 Å². The van der Waals surface area contributed by atoms with Crippen molar-refractivity contribution in [3.8, 4) is 0 Å². The van der Waals surface area contributed by atoms with Crippen LogP contribution in [0, 0.1) is 17.0 Å². The Morgan fingerprint density at radius 1 is 1.44 bits per heavy atom. The number of nitro groups is 1. The van der Waals surface area contributed by atoms with Gasteiger partial charge in [0.15, 0.2) is 0 Å². The summed E-state index contributed by atoms with van der Waals surface area (Å²) in [6.07, 6.45) is 0. The third-order valence-electron chi connectivity index (χ3n) is 2.35. The van der Waals surface area contributed by atoms with Gasteiger partial charge in [-0.15, -0.1) is 0 Å². The van der Waals surface area contributed by atoms with Crippen LogP contribution in [0.3, 0.4) is 0 Å². The van der Waals surface area contributed by atoms with Gasteiger partial charge >= 0.3 is 0 Å².